The average Bonchev–Trinajstić information content (AvgIpc) is 2.94. The van der Waals surface area contributed by atoms with Crippen LogP contribution in [0.5, 0.6) is 0 Å². The molecule has 3 heterocycles. The molecule has 3 aromatic rings. The van der Waals surface area contributed by atoms with Gasteiger partial charge in [-0.15, -0.1) is 0 Å². The van der Waals surface area contributed by atoms with Crippen molar-refractivity contribution in [1.82, 2.24) is 5.32 Å². The van der Waals surface area contributed by atoms with Crippen molar-refractivity contribution in [3.63, 3.8) is 0 Å². The molecule has 6 heteroatoms. The number of carbonyl (C=O) groups is 2. The largest absolute Gasteiger partial charge is 0.453 e. The Hall–Kier alpha value is -3.48. The molecule has 3 aliphatic heterocycles. The third kappa shape index (κ3) is 5.45. The molecule has 2 N–H and O–H groups in total. The highest BCUT2D eigenvalue weighted by Gasteiger charge is 2.51. The smallest absolute Gasteiger partial charge is 0.348 e. The Morgan fingerprint density at radius 3 is 1.97 bits per heavy atom. The molecule has 0 aromatic heterocycles. The van der Waals surface area contributed by atoms with Crippen molar-refractivity contribution in [2.45, 2.75) is 31.0 Å². The van der Waals surface area contributed by atoms with Crippen molar-refractivity contribution in [2.75, 3.05) is 32.7 Å². The van der Waals surface area contributed by atoms with Gasteiger partial charge in [-0.1, -0.05) is 91.0 Å². The molecule has 3 aromatic carbocycles. The Kier molecular flexibility index (Phi) is 7.40. The van der Waals surface area contributed by atoms with Gasteiger partial charge in [-0.25, -0.2) is 4.79 Å². The second-order valence-electron chi connectivity index (χ2n) is 10.4. The fourth-order valence-electron chi connectivity index (χ4n) is 5.91. The van der Waals surface area contributed by atoms with Crippen LogP contribution < -0.4 is 5.32 Å². The average molecular weight is 500 g/mol. The van der Waals surface area contributed by atoms with E-state index in [1.165, 1.54) is 5.56 Å². The highest BCUT2D eigenvalue weighted by atomic mass is 16.6. The van der Waals surface area contributed by atoms with Gasteiger partial charge >= 0.3 is 5.97 Å². The van der Waals surface area contributed by atoms with E-state index in [9.17, 15) is 14.7 Å². The molecule has 1 amide bonds. The number of nitrogens with zero attached hydrogens (tertiary/aromatic N) is 1. The van der Waals surface area contributed by atoms with Crippen LogP contribution in [-0.4, -0.2) is 60.3 Å². The molecule has 0 radical (unpaired) electrons. The van der Waals surface area contributed by atoms with Crippen molar-refractivity contribution in [1.29, 1.82) is 0 Å². The van der Waals surface area contributed by atoms with Gasteiger partial charge in [0.05, 0.1) is 13.1 Å². The standard InChI is InChI=1S/C31H34N2O4/c34-29(32-19-16-24-10-4-1-5-11-24)23-33-20-17-25(18-21-33)28(22-33)37-30(35)31(36,26-12-6-2-7-13-26)27-14-8-3-9-15-27/h1-15,25,28,36H,16-23H2/p+1. The maximum atomic E-state index is 13.7. The molecule has 2 bridgehead atoms. The van der Waals surface area contributed by atoms with Crippen LogP contribution in [0.4, 0.5) is 0 Å². The van der Waals surface area contributed by atoms with E-state index in [-0.39, 0.29) is 17.9 Å². The normalized spacial score (nSPS) is 22.8. The lowest BCUT2D eigenvalue weighted by Crippen LogP contribution is -2.67. The number of benzene rings is 3. The highest BCUT2D eigenvalue weighted by Crippen LogP contribution is 2.38. The Labute approximate surface area is 218 Å². The summed E-state index contributed by atoms with van der Waals surface area (Å²) in [5, 5.41) is 14.9. The Bertz CT molecular complexity index is 1150. The number of amides is 1. The first-order chi connectivity index (χ1) is 18.0. The Morgan fingerprint density at radius 2 is 1.41 bits per heavy atom. The third-order valence-corrected chi connectivity index (χ3v) is 8.04. The van der Waals surface area contributed by atoms with Crippen LogP contribution in [0, 0.1) is 5.92 Å². The third-order valence-electron chi connectivity index (χ3n) is 8.04. The molecule has 3 aliphatic rings. The molecule has 37 heavy (non-hydrogen) atoms. The molecule has 0 spiro atoms. The summed E-state index contributed by atoms with van der Waals surface area (Å²) >= 11 is 0. The summed E-state index contributed by atoms with van der Waals surface area (Å²) < 4.78 is 6.73. The van der Waals surface area contributed by atoms with Crippen LogP contribution in [0.2, 0.25) is 0 Å². The Morgan fingerprint density at radius 1 is 0.865 bits per heavy atom. The van der Waals surface area contributed by atoms with E-state index in [1.807, 2.05) is 30.3 Å². The van der Waals surface area contributed by atoms with E-state index < -0.39 is 11.6 Å². The summed E-state index contributed by atoms with van der Waals surface area (Å²) in [7, 11) is 0. The van der Waals surface area contributed by atoms with Crippen LogP contribution >= 0.6 is 0 Å². The number of ether oxygens (including phenoxy) is 1. The lowest BCUT2D eigenvalue weighted by atomic mass is 9.82. The zero-order valence-corrected chi connectivity index (χ0v) is 21.1. The predicted molar refractivity (Wildman–Crippen MR) is 141 cm³/mol. The molecule has 3 saturated heterocycles. The van der Waals surface area contributed by atoms with E-state index in [0.717, 1.165) is 32.4 Å². The second-order valence-corrected chi connectivity index (χ2v) is 10.4. The van der Waals surface area contributed by atoms with E-state index in [1.54, 1.807) is 48.5 Å². The summed E-state index contributed by atoms with van der Waals surface area (Å²) in [4.78, 5) is 26.5. The number of nitrogens with one attached hydrogen (secondary N) is 1. The van der Waals surface area contributed by atoms with Crippen LogP contribution in [0.15, 0.2) is 91.0 Å². The zero-order valence-electron chi connectivity index (χ0n) is 21.1. The number of piperidine rings is 3. The molecule has 3 fully saturated rings. The molecular formula is C31H35N2O4+. The van der Waals surface area contributed by atoms with Crippen molar-refractivity contribution in [3.8, 4) is 0 Å². The van der Waals surface area contributed by atoms with Gasteiger partial charge in [0.1, 0.15) is 6.54 Å². The predicted octanol–water partition coefficient (Wildman–Crippen LogP) is 3.43. The van der Waals surface area contributed by atoms with E-state index >= 15 is 0 Å². The van der Waals surface area contributed by atoms with Crippen molar-refractivity contribution < 1.29 is 23.9 Å². The minimum atomic E-state index is -1.89. The van der Waals surface area contributed by atoms with E-state index in [2.05, 4.69) is 17.4 Å². The summed E-state index contributed by atoms with van der Waals surface area (Å²) in [6.07, 6.45) is 2.28. The van der Waals surface area contributed by atoms with Gasteiger partial charge in [-0.2, -0.15) is 0 Å². The quantitative estimate of drug-likeness (QED) is 0.349. The van der Waals surface area contributed by atoms with Crippen LogP contribution in [0.3, 0.4) is 0 Å². The molecule has 1 atom stereocenters. The van der Waals surface area contributed by atoms with Gasteiger partial charge in [-0.05, 0) is 23.1 Å². The monoisotopic (exact) mass is 499 g/mol. The fourth-order valence-corrected chi connectivity index (χ4v) is 5.91. The van der Waals surface area contributed by atoms with Gasteiger partial charge in [0.25, 0.3) is 5.91 Å². The molecule has 6 nitrogen and oxygen atoms in total. The molecule has 0 saturated carbocycles. The molecule has 192 valence electrons. The maximum Gasteiger partial charge on any atom is 0.348 e. The maximum absolute atomic E-state index is 13.7. The first-order valence-electron chi connectivity index (χ1n) is 13.2. The van der Waals surface area contributed by atoms with Crippen molar-refractivity contribution in [2.24, 2.45) is 5.92 Å². The summed E-state index contributed by atoms with van der Waals surface area (Å²) in [5.74, 6) is -0.374. The number of hydrogen-bond donors (Lipinski definition) is 2. The first-order valence-corrected chi connectivity index (χ1v) is 13.2. The Balaban J connectivity index is 1.26. The molecule has 0 aliphatic carbocycles. The number of rotatable bonds is 9. The van der Waals surface area contributed by atoms with Crippen molar-refractivity contribution in [3.05, 3.63) is 108 Å². The zero-order chi connectivity index (χ0) is 25.7. The second kappa shape index (κ2) is 10.9. The number of carbonyl (C=O) groups excluding carboxylic acids is 2. The molecular weight excluding hydrogens is 464 g/mol. The van der Waals surface area contributed by atoms with Gasteiger partial charge in [-0.3, -0.25) is 4.79 Å². The van der Waals surface area contributed by atoms with Gasteiger partial charge in [0.15, 0.2) is 12.6 Å². The SMILES string of the molecule is O=C(C[N+]12CCC(CC1)C(OC(=O)C(O)(c1ccccc1)c1ccccc1)C2)NCCc1ccccc1. The van der Waals surface area contributed by atoms with Gasteiger partial charge < -0.3 is 19.6 Å². The van der Waals surface area contributed by atoms with Crippen LogP contribution in [0.25, 0.3) is 0 Å². The number of aliphatic hydroxyl groups is 1. The first kappa shape index (κ1) is 25.2. The minimum Gasteiger partial charge on any atom is -0.453 e. The number of esters is 1. The highest BCUT2D eigenvalue weighted by molar-refractivity contribution is 5.85. The molecule has 6 rings (SSSR count). The summed E-state index contributed by atoms with van der Waals surface area (Å²) in [6, 6.07) is 28.1. The van der Waals surface area contributed by atoms with E-state index in [0.29, 0.717) is 35.2 Å². The lowest BCUT2D eigenvalue weighted by Gasteiger charge is -2.51. The minimum absolute atomic E-state index is 0.0337. The fraction of sp³-hybridized carbons (Fsp3) is 0.355. The molecule has 1 unspecified atom stereocenters. The van der Waals surface area contributed by atoms with Crippen molar-refractivity contribution >= 4 is 11.9 Å². The van der Waals surface area contributed by atoms with Crippen LogP contribution in [0.1, 0.15) is 29.5 Å². The lowest BCUT2D eigenvalue weighted by molar-refractivity contribution is -0.939. The summed E-state index contributed by atoms with van der Waals surface area (Å²) in [6.45, 7) is 3.41. The number of fused-ring (bicyclic) bond motifs is 3. The summed E-state index contributed by atoms with van der Waals surface area (Å²) in [5.41, 5.74) is 0.266. The van der Waals surface area contributed by atoms with Crippen LogP contribution in [-0.2, 0) is 26.3 Å². The number of quaternary nitrogens is 1. The number of hydrogen-bond acceptors (Lipinski definition) is 4. The van der Waals surface area contributed by atoms with E-state index in [4.69, 9.17) is 4.74 Å². The topological polar surface area (TPSA) is 75.6 Å². The van der Waals surface area contributed by atoms with Gasteiger partial charge in [0.2, 0.25) is 5.60 Å². The van der Waals surface area contributed by atoms with Gasteiger partial charge in [0, 0.05) is 25.3 Å².